The molecule has 0 fully saturated rings. The van der Waals surface area contributed by atoms with E-state index < -0.39 is 6.10 Å². The summed E-state index contributed by atoms with van der Waals surface area (Å²) in [6.45, 7) is 0. The quantitative estimate of drug-likeness (QED) is 0.617. The van der Waals surface area contributed by atoms with Crippen LogP contribution in [0.25, 0.3) is 11.2 Å². The number of aliphatic hydroxyl groups is 1. The van der Waals surface area contributed by atoms with Gasteiger partial charge >= 0.3 is 0 Å². The van der Waals surface area contributed by atoms with Crippen molar-refractivity contribution in [2.45, 2.75) is 6.10 Å². The minimum Gasteiger partial charge on any atom is -0.380 e. The van der Waals surface area contributed by atoms with Crippen molar-refractivity contribution in [3.8, 4) is 0 Å². The Morgan fingerprint density at radius 2 is 2.00 bits per heavy atom. The fourth-order valence-corrected chi connectivity index (χ4v) is 1.78. The van der Waals surface area contributed by atoms with Crippen LogP contribution in [0.2, 0.25) is 0 Å². The monoisotopic (exact) mass is 242 g/mol. The summed E-state index contributed by atoms with van der Waals surface area (Å²) >= 11 is 0. The molecule has 18 heavy (non-hydrogen) atoms. The van der Waals surface area contributed by atoms with E-state index in [1.54, 1.807) is 12.1 Å². The van der Waals surface area contributed by atoms with E-state index in [-0.39, 0.29) is 11.1 Å². The number of nitrogens with zero attached hydrogens (tertiary/aromatic N) is 2. The van der Waals surface area contributed by atoms with Crippen LogP contribution in [-0.4, -0.2) is 25.0 Å². The first kappa shape index (κ1) is 10.7. The molecule has 0 aliphatic carbocycles. The number of H-pyrrole nitrogens is 2. The van der Waals surface area contributed by atoms with Crippen molar-refractivity contribution in [2.75, 3.05) is 0 Å². The van der Waals surface area contributed by atoms with Gasteiger partial charge in [-0.1, -0.05) is 30.3 Å². The van der Waals surface area contributed by atoms with Gasteiger partial charge in [-0.15, -0.1) is 0 Å². The molecule has 0 spiro atoms. The van der Waals surface area contributed by atoms with Crippen LogP contribution in [0.5, 0.6) is 0 Å². The Labute approximate surface area is 101 Å². The minimum absolute atomic E-state index is 0.266. The molecule has 0 unspecified atom stereocenters. The Morgan fingerprint density at radius 3 is 2.72 bits per heavy atom. The molecule has 0 aliphatic rings. The molecule has 0 saturated heterocycles. The molecular weight excluding hydrogens is 232 g/mol. The first-order chi connectivity index (χ1) is 8.75. The third kappa shape index (κ3) is 1.68. The summed E-state index contributed by atoms with van der Waals surface area (Å²) < 4.78 is 0. The van der Waals surface area contributed by atoms with Crippen molar-refractivity contribution in [3.63, 3.8) is 0 Å². The van der Waals surface area contributed by atoms with Crippen LogP contribution in [0.15, 0.2) is 41.5 Å². The third-order valence-corrected chi connectivity index (χ3v) is 2.69. The van der Waals surface area contributed by atoms with Gasteiger partial charge in [-0.2, -0.15) is 0 Å². The highest BCUT2D eigenvalue weighted by molar-refractivity contribution is 5.68. The van der Waals surface area contributed by atoms with E-state index in [1.165, 1.54) is 6.33 Å². The van der Waals surface area contributed by atoms with Crippen LogP contribution in [-0.2, 0) is 0 Å². The van der Waals surface area contributed by atoms with Gasteiger partial charge in [0.15, 0.2) is 11.2 Å². The largest absolute Gasteiger partial charge is 0.380 e. The first-order valence-corrected chi connectivity index (χ1v) is 5.42. The van der Waals surface area contributed by atoms with E-state index >= 15 is 0 Å². The van der Waals surface area contributed by atoms with E-state index in [0.29, 0.717) is 17.0 Å². The number of rotatable bonds is 2. The van der Waals surface area contributed by atoms with Gasteiger partial charge in [0.1, 0.15) is 11.9 Å². The van der Waals surface area contributed by atoms with Crippen LogP contribution in [0.4, 0.5) is 0 Å². The lowest BCUT2D eigenvalue weighted by Crippen LogP contribution is -2.06. The van der Waals surface area contributed by atoms with Crippen molar-refractivity contribution >= 4 is 11.2 Å². The van der Waals surface area contributed by atoms with Gasteiger partial charge < -0.3 is 15.1 Å². The highest BCUT2D eigenvalue weighted by atomic mass is 16.3. The fraction of sp³-hybridized carbons (Fsp3) is 0.0833. The average molecular weight is 242 g/mol. The molecule has 0 amide bonds. The van der Waals surface area contributed by atoms with Crippen molar-refractivity contribution in [1.29, 1.82) is 0 Å². The zero-order valence-electron chi connectivity index (χ0n) is 9.29. The fourth-order valence-electron chi connectivity index (χ4n) is 1.78. The molecule has 1 aromatic carbocycles. The number of aromatic amines is 2. The lowest BCUT2D eigenvalue weighted by molar-refractivity contribution is 0.211. The Kier molecular flexibility index (Phi) is 2.42. The molecule has 6 nitrogen and oxygen atoms in total. The zero-order valence-corrected chi connectivity index (χ0v) is 9.29. The Morgan fingerprint density at radius 1 is 1.22 bits per heavy atom. The molecule has 2 aromatic heterocycles. The molecule has 3 rings (SSSR count). The van der Waals surface area contributed by atoms with Crippen LogP contribution >= 0.6 is 0 Å². The smallest absolute Gasteiger partial charge is 0.276 e. The SMILES string of the molecule is O=c1[nH]cnc2nc([C@H](O)c3ccccc3)[nH]c12. The number of nitrogens with one attached hydrogen (secondary N) is 2. The molecule has 0 aliphatic heterocycles. The number of aliphatic hydroxyl groups excluding tert-OH is 1. The van der Waals surface area contributed by atoms with Gasteiger partial charge in [0, 0.05) is 0 Å². The van der Waals surface area contributed by atoms with Crippen LogP contribution in [0, 0.1) is 0 Å². The second-order valence-electron chi connectivity index (χ2n) is 3.87. The second-order valence-corrected chi connectivity index (χ2v) is 3.87. The van der Waals surface area contributed by atoms with Gasteiger partial charge in [-0.25, -0.2) is 9.97 Å². The number of imidazole rings is 1. The third-order valence-electron chi connectivity index (χ3n) is 2.69. The van der Waals surface area contributed by atoms with Crippen LogP contribution in [0.3, 0.4) is 0 Å². The lowest BCUT2D eigenvalue weighted by atomic mass is 10.1. The summed E-state index contributed by atoms with van der Waals surface area (Å²) in [6, 6.07) is 9.09. The number of hydrogen-bond acceptors (Lipinski definition) is 4. The van der Waals surface area contributed by atoms with E-state index in [4.69, 9.17) is 0 Å². The van der Waals surface area contributed by atoms with E-state index in [0.717, 1.165) is 0 Å². The Balaban J connectivity index is 2.10. The van der Waals surface area contributed by atoms with Gasteiger partial charge in [0.25, 0.3) is 5.56 Å². The molecule has 3 N–H and O–H groups in total. The summed E-state index contributed by atoms with van der Waals surface area (Å²) in [5, 5.41) is 10.2. The maximum Gasteiger partial charge on any atom is 0.276 e. The van der Waals surface area contributed by atoms with E-state index in [1.807, 2.05) is 18.2 Å². The minimum atomic E-state index is -0.903. The van der Waals surface area contributed by atoms with E-state index in [9.17, 15) is 9.90 Å². The molecule has 0 radical (unpaired) electrons. The van der Waals surface area contributed by atoms with Crippen molar-refractivity contribution in [1.82, 2.24) is 19.9 Å². The molecular formula is C12H10N4O2. The normalized spacial score (nSPS) is 12.7. The molecule has 3 aromatic rings. The maximum atomic E-state index is 11.5. The van der Waals surface area contributed by atoms with Gasteiger partial charge in [-0.3, -0.25) is 4.79 Å². The first-order valence-electron chi connectivity index (χ1n) is 5.42. The Hall–Kier alpha value is -2.47. The second kappa shape index (κ2) is 4.08. The topological polar surface area (TPSA) is 94.7 Å². The summed E-state index contributed by atoms with van der Waals surface area (Å²) in [7, 11) is 0. The molecule has 0 bridgehead atoms. The standard InChI is InChI=1S/C12H10N4O2/c17-9(7-4-2-1-3-5-7)11-15-8-10(16-11)13-6-14-12(8)18/h1-6,9,17H,(H2,13,14,15,16,18)/t9-/m1/s1. The predicted molar refractivity (Wildman–Crippen MR) is 65.0 cm³/mol. The number of aromatic nitrogens is 4. The van der Waals surface area contributed by atoms with Crippen molar-refractivity contribution in [2.24, 2.45) is 0 Å². The molecule has 2 heterocycles. The highest BCUT2D eigenvalue weighted by Crippen LogP contribution is 2.19. The molecule has 6 heteroatoms. The van der Waals surface area contributed by atoms with Gasteiger partial charge in [0.2, 0.25) is 0 Å². The summed E-state index contributed by atoms with van der Waals surface area (Å²) in [6.07, 6.45) is 0.379. The van der Waals surface area contributed by atoms with Crippen molar-refractivity contribution in [3.05, 3.63) is 58.4 Å². The summed E-state index contributed by atoms with van der Waals surface area (Å²) in [5.41, 5.74) is 0.957. The molecule has 90 valence electrons. The number of benzene rings is 1. The van der Waals surface area contributed by atoms with Gasteiger partial charge in [-0.05, 0) is 5.56 Å². The van der Waals surface area contributed by atoms with Crippen LogP contribution < -0.4 is 5.56 Å². The predicted octanol–water partition coefficient (Wildman–Crippen LogP) is 0.728. The van der Waals surface area contributed by atoms with Crippen LogP contribution in [0.1, 0.15) is 17.5 Å². The maximum absolute atomic E-state index is 11.5. The number of fused-ring (bicyclic) bond motifs is 1. The van der Waals surface area contributed by atoms with Gasteiger partial charge in [0.05, 0.1) is 6.33 Å². The summed E-state index contributed by atoms with van der Waals surface area (Å²) in [5.74, 6) is 0.306. The lowest BCUT2D eigenvalue weighted by Gasteiger charge is -2.06. The average Bonchev–Trinajstić information content (AvgIpc) is 2.84. The molecule has 0 saturated carbocycles. The number of hydrogen-bond donors (Lipinski definition) is 3. The zero-order chi connectivity index (χ0) is 12.5. The van der Waals surface area contributed by atoms with E-state index in [2.05, 4.69) is 19.9 Å². The highest BCUT2D eigenvalue weighted by Gasteiger charge is 2.16. The summed E-state index contributed by atoms with van der Waals surface area (Å²) in [4.78, 5) is 24.8. The molecule has 1 atom stereocenters. The van der Waals surface area contributed by atoms with Crippen molar-refractivity contribution < 1.29 is 5.11 Å². The Bertz CT molecular complexity index is 732.